The number of rotatable bonds is 4. The third-order valence-corrected chi connectivity index (χ3v) is 6.04. The van der Waals surface area contributed by atoms with E-state index < -0.39 is 0 Å². The Kier molecular flexibility index (Phi) is 5.48. The predicted octanol–water partition coefficient (Wildman–Crippen LogP) is 6.18. The lowest BCUT2D eigenvalue weighted by Crippen LogP contribution is -2.16. The maximum absolute atomic E-state index is 13.0. The SMILES string of the molecule is Cc1ccc(NC(=O)Cc2c(-c3ccc(C)c(C)c3)nc3cc(C)ccn23)c(Br)c1. The Labute approximate surface area is 185 Å². The van der Waals surface area contributed by atoms with Crippen LogP contribution in [-0.2, 0) is 11.2 Å². The molecule has 0 unspecified atom stereocenters. The number of benzene rings is 2. The molecule has 0 aliphatic rings. The molecule has 5 heteroatoms. The van der Waals surface area contributed by atoms with Crippen LogP contribution in [0.15, 0.2) is 59.2 Å². The van der Waals surface area contributed by atoms with Crippen LogP contribution in [0.25, 0.3) is 16.9 Å². The van der Waals surface area contributed by atoms with E-state index in [1.807, 2.05) is 54.8 Å². The van der Waals surface area contributed by atoms with Gasteiger partial charge in [0.05, 0.1) is 23.5 Å². The van der Waals surface area contributed by atoms with Gasteiger partial charge in [0, 0.05) is 16.2 Å². The van der Waals surface area contributed by atoms with Gasteiger partial charge in [0.1, 0.15) is 5.65 Å². The van der Waals surface area contributed by atoms with E-state index in [4.69, 9.17) is 4.98 Å². The number of nitrogens with one attached hydrogen (secondary N) is 1. The van der Waals surface area contributed by atoms with Gasteiger partial charge in [-0.15, -0.1) is 0 Å². The molecule has 0 spiro atoms. The molecular weight excluding hydrogens is 438 g/mol. The van der Waals surface area contributed by atoms with E-state index >= 15 is 0 Å². The van der Waals surface area contributed by atoms with Crippen molar-refractivity contribution < 1.29 is 4.79 Å². The van der Waals surface area contributed by atoms with E-state index in [1.54, 1.807) is 0 Å². The number of aryl methyl sites for hydroxylation is 4. The van der Waals surface area contributed by atoms with Crippen molar-refractivity contribution in [1.82, 2.24) is 9.38 Å². The number of carbonyl (C=O) groups is 1. The molecule has 0 saturated carbocycles. The third kappa shape index (κ3) is 4.03. The number of imidazole rings is 1. The maximum atomic E-state index is 13.0. The average Bonchev–Trinajstić information content (AvgIpc) is 3.03. The fourth-order valence-corrected chi connectivity index (χ4v) is 4.15. The molecule has 0 fully saturated rings. The largest absolute Gasteiger partial charge is 0.325 e. The summed E-state index contributed by atoms with van der Waals surface area (Å²) in [7, 11) is 0. The summed E-state index contributed by atoms with van der Waals surface area (Å²) in [4.78, 5) is 17.8. The van der Waals surface area contributed by atoms with Gasteiger partial charge < -0.3 is 9.72 Å². The van der Waals surface area contributed by atoms with Crippen molar-refractivity contribution in [1.29, 1.82) is 0 Å². The summed E-state index contributed by atoms with van der Waals surface area (Å²) in [6.45, 7) is 8.26. The molecule has 0 aliphatic carbocycles. The third-order valence-electron chi connectivity index (χ3n) is 5.39. The topological polar surface area (TPSA) is 46.4 Å². The van der Waals surface area contributed by atoms with Crippen molar-refractivity contribution in [3.05, 3.63) is 87.1 Å². The summed E-state index contributed by atoms with van der Waals surface area (Å²) in [5.41, 5.74) is 9.09. The normalized spacial score (nSPS) is 11.1. The molecule has 0 atom stereocenters. The Balaban J connectivity index is 1.74. The molecule has 30 heavy (non-hydrogen) atoms. The second-order valence-corrected chi connectivity index (χ2v) is 8.70. The number of amides is 1. The lowest BCUT2D eigenvalue weighted by Gasteiger charge is -2.10. The minimum Gasteiger partial charge on any atom is -0.325 e. The highest BCUT2D eigenvalue weighted by Gasteiger charge is 2.18. The van der Waals surface area contributed by atoms with Crippen LogP contribution in [0.1, 0.15) is 27.9 Å². The first-order valence-corrected chi connectivity index (χ1v) is 10.7. The van der Waals surface area contributed by atoms with Gasteiger partial charge in [0.15, 0.2) is 0 Å². The molecule has 2 aromatic carbocycles. The number of nitrogens with zero attached hydrogens (tertiary/aromatic N) is 2. The molecule has 1 N–H and O–H groups in total. The Morgan fingerprint density at radius 3 is 2.47 bits per heavy atom. The first-order valence-electron chi connectivity index (χ1n) is 9.93. The number of hydrogen-bond donors (Lipinski definition) is 1. The van der Waals surface area contributed by atoms with Gasteiger partial charge >= 0.3 is 0 Å². The number of aromatic nitrogens is 2. The van der Waals surface area contributed by atoms with Gasteiger partial charge in [-0.25, -0.2) is 4.98 Å². The number of anilines is 1. The van der Waals surface area contributed by atoms with Gasteiger partial charge in [-0.05, 0) is 96.2 Å². The van der Waals surface area contributed by atoms with Crippen LogP contribution in [0.3, 0.4) is 0 Å². The summed E-state index contributed by atoms with van der Waals surface area (Å²) in [5.74, 6) is -0.0768. The summed E-state index contributed by atoms with van der Waals surface area (Å²) >= 11 is 3.53. The summed E-state index contributed by atoms with van der Waals surface area (Å²) in [5, 5.41) is 3.02. The quantitative estimate of drug-likeness (QED) is 0.394. The number of pyridine rings is 1. The van der Waals surface area contributed by atoms with E-state index in [1.165, 1.54) is 11.1 Å². The molecule has 4 aromatic rings. The van der Waals surface area contributed by atoms with E-state index in [2.05, 4.69) is 53.3 Å². The summed E-state index contributed by atoms with van der Waals surface area (Å²) < 4.78 is 2.89. The summed E-state index contributed by atoms with van der Waals surface area (Å²) in [6.07, 6.45) is 2.22. The minimum atomic E-state index is -0.0768. The summed E-state index contributed by atoms with van der Waals surface area (Å²) in [6, 6.07) is 16.3. The fourth-order valence-electron chi connectivity index (χ4n) is 3.55. The first-order chi connectivity index (χ1) is 14.3. The molecule has 0 saturated heterocycles. The van der Waals surface area contributed by atoms with Crippen LogP contribution in [0.4, 0.5) is 5.69 Å². The predicted molar refractivity (Wildman–Crippen MR) is 126 cm³/mol. The molecule has 0 radical (unpaired) electrons. The smallest absolute Gasteiger partial charge is 0.230 e. The van der Waals surface area contributed by atoms with Crippen molar-refractivity contribution in [2.24, 2.45) is 0 Å². The molecule has 2 heterocycles. The van der Waals surface area contributed by atoms with Gasteiger partial charge in [-0.1, -0.05) is 18.2 Å². The molecule has 4 rings (SSSR count). The minimum absolute atomic E-state index is 0.0768. The van der Waals surface area contributed by atoms with Gasteiger partial charge in [0.2, 0.25) is 5.91 Å². The van der Waals surface area contributed by atoms with E-state index in [0.717, 1.165) is 43.9 Å². The molecule has 4 nitrogen and oxygen atoms in total. The van der Waals surface area contributed by atoms with Crippen LogP contribution in [0.5, 0.6) is 0 Å². The highest BCUT2D eigenvalue weighted by molar-refractivity contribution is 9.10. The first kappa shape index (κ1) is 20.4. The second-order valence-electron chi connectivity index (χ2n) is 7.85. The van der Waals surface area contributed by atoms with E-state index in [0.29, 0.717) is 0 Å². The Morgan fingerprint density at radius 2 is 1.73 bits per heavy atom. The van der Waals surface area contributed by atoms with Crippen molar-refractivity contribution in [3.8, 4) is 11.3 Å². The number of hydrogen-bond acceptors (Lipinski definition) is 2. The maximum Gasteiger partial charge on any atom is 0.230 e. The highest BCUT2D eigenvalue weighted by Crippen LogP contribution is 2.28. The van der Waals surface area contributed by atoms with Gasteiger partial charge in [0.25, 0.3) is 0 Å². The number of halogens is 1. The highest BCUT2D eigenvalue weighted by atomic mass is 79.9. The van der Waals surface area contributed by atoms with Gasteiger partial charge in [-0.2, -0.15) is 0 Å². The van der Waals surface area contributed by atoms with Crippen LogP contribution < -0.4 is 5.32 Å². The second kappa shape index (κ2) is 8.07. The van der Waals surface area contributed by atoms with Crippen molar-refractivity contribution in [2.75, 3.05) is 5.32 Å². The lowest BCUT2D eigenvalue weighted by molar-refractivity contribution is -0.115. The molecule has 0 aliphatic heterocycles. The number of carbonyl (C=O) groups excluding carboxylic acids is 1. The van der Waals surface area contributed by atoms with Crippen LogP contribution in [-0.4, -0.2) is 15.3 Å². The molecule has 0 bridgehead atoms. The Hall–Kier alpha value is -2.92. The van der Waals surface area contributed by atoms with Gasteiger partial charge in [-0.3, -0.25) is 4.79 Å². The van der Waals surface area contributed by atoms with Crippen molar-refractivity contribution >= 4 is 33.2 Å². The average molecular weight is 462 g/mol. The Bertz CT molecular complexity index is 1270. The standard InChI is InChI=1S/C25H24BrN3O/c1-15-5-8-21(20(26)11-15)27-24(30)14-22-25(19-7-6-17(3)18(4)13-19)28-23-12-16(2)9-10-29(22)23/h5-13H,14H2,1-4H3,(H,27,30). The zero-order valence-corrected chi connectivity index (χ0v) is 19.2. The van der Waals surface area contributed by atoms with Crippen LogP contribution in [0.2, 0.25) is 0 Å². The van der Waals surface area contributed by atoms with Crippen molar-refractivity contribution in [2.45, 2.75) is 34.1 Å². The van der Waals surface area contributed by atoms with Crippen LogP contribution >= 0.6 is 15.9 Å². The molecule has 1 amide bonds. The van der Waals surface area contributed by atoms with Crippen molar-refractivity contribution in [3.63, 3.8) is 0 Å². The lowest BCUT2D eigenvalue weighted by atomic mass is 10.0. The molecule has 2 aromatic heterocycles. The van der Waals surface area contributed by atoms with E-state index in [9.17, 15) is 4.79 Å². The number of fused-ring (bicyclic) bond motifs is 1. The molecular formula is C25H24BrN3O. The zero-order chi connectivity index (χ0) is 21.4. The molecule has 152 valence electrons. The van der Waals surface area contributed by atoms with E-state index in [-0.39, 0.29) is 12.3 Å². The Morgan fingerprint density at radius 1 is 0.967 bits per heavy atom. The monoisotopic (exact) mass is 461 g/mol. The zero-order valence-electron chi connectivity index (χ0n) is 17.6. The van der Waals surface area contributed by atoms with Crippen LogP contribution in [0, 0.1) is 27.7 Å². The fraction of sp³-hybridized carbons (Fsp3) is 0.200.